The fourth-order valence-corrected chi connectivity index (χ4v) is 2.36. The zero-order valence-electron chi connectivity index (χ0n) is 6.31. The van der Waals surface area contributed by atoms with Gasteiger partial charge in [0.15, 0.2) is 0 Å². The zero-order chi connectivity index (χ0) is 7.23. The van der Waals surface area contributed by atoms with Crippen LogP contribution in [-0.2, 0) is 0 Å². The van der Waals surface area contributed by atoms with Gasteiger partial charge in [0, 0.05) is 0 Å². The first-order chi connectivity index (χ1) is 4.93. The standard InChI is InChI=1S/C9H14S/c1-2-7-10-8-9-5-3-4-6-9/h1,9H,3-8H2. The Hall–Kier alpha value is -0.0900. The third-order valence-electron chi connectivity index (χ3n) is 2.01. The molecule has 0 aromatic rings. The van der Waals surface area contributed by atoms with Crippen molar-refractivity contribution in [3.8, 4) is 12.3 Å². The van der Waals surface area contributed by atoms with Crippen LogP contribution in [0.2, 0.25) is 0 Å². The molecule has 56 valence electrons. The third kappa shape index (κ3) is 2.66. The van der Waals surface area contributed by atoms with Crippen molar-refractivity contribution in [2.24, 2.45) is 5.92 Å². The fourth-order valence-electron chi connectivity index (χ4n) is 1.46. The average Bonchev–Trinajstić information content (AvgIpc) is 2.41. The van der Waals surface area contributed by atoms with Crippen molar-refractivity contribution in [2.75, 3.05) is 11.5 Å². The van der Waals surface area contributed by atoms with Crippen LogP contribution in [0.25, 0.3) is 0 Å². The summed E-state index contributed by atoms with van der Waals surface area (Å²) in [6.45, 7) is 0. The van der Waals surface area contributed by atoms with Crippen LogP contribution in [-0.4, -0.2) is 11.5 Å². The molecule has 0 heterocycles. The lowest BCUT2D eigenvalue weighted by atomic mass is 10.1. The lowest BCUT2D eigenvalue weighted by Gasteiger charge is -2.04. The molecule has 10 heavy (non-hydrogen) atoms. The Morgan fingerprint density at radius 2 is 2.10 bits per heavy atom. The number of hydrogen-bond acceptors (Lipinski definition) is 1. The van der Waals surface area contributed by atoms with E-state index in [4.69, 9.17) is 6.42 Å². The zero-order valence-corrected chi connectivity index (χ0v) is 7.12. The number of terminal acetylenes is 1. The first-order valence-corrected chi connectivity index (χ1v) is 5.10. The van der Waals surface area contributed by atoms with Crippen molar-refractivity contribution < 1.29 is 0 Å². The molecule has 0 aromatic carbocycles. The molecule has 0 bridgehead atoms. The highest BCUT2D eigenvalue weighted by atomic mass is 32.2. The van der Waals surface area contributed by atoms with E-state index in [2.05, 4.69) is 5.92 Å². The molecule has 1 saturated carbocycles. The fraction of sp³-hybridized carbons (Fsp3) is 0.778. The van der Waals surface area contributed by atoms with Crippen molar-refractivity contribution in [3.63, 3.8) is 0 Å². The van der Waals surface area contributed by atoms with Gasteiger partial charge < -0.3 is 0 Å². The minimum atomic E-state index is 0.899. The molecule has 0 nitrogen and oxygen atoms in total. The number of rotatable bonds is 3. The number of thioether (sulfide) groups is 1. The molecule has 0 aliphatic heterocycles. The summed E-state index contributed by atoms with van der Waals surface area (Å²) in [5.74, 6) is 5.83. The quantitative estimate of drug-likeness (QED) is 0.444. The highest BCUT2D eigenvalue weighted by Gasteiger charge is 2.13. The van der Waals surface area contributed by atoms with Crippen LogP contribution in [0.3, 0.4) is 0 Å². The Balaban J connectivity index is 1.97. The molecule has 0 saturated heterocycles. The minimum absolute atomic E-state index is 0.899. The summed E-state index contributed by atoms with van der Waals surface area (Å²) in [5.41, 5.74) is 0. The lowest BCUT2D eigenvalue weighted by molar-refractivity contribution is 0.623. The first kappa shape index (κ1) is 8.01. The molecule has 0 amide bonds. The van der Waals surface area contributed by atoms with Gasteiger partial charge in [-0.2, -0.15) is 0 Å². The molecule has 0 spiro atoms. The van der Waals surface area contributed by atoms with E-state index in [1.165, 1.54) is 31.4 Å². The Morgan fingerprint density at radius 3 is 2.70 bits per heavy atom. The molecule has 0 unspecified atom stereocenters. The Labute approximate surface area is 67.8 Å². The van der Waals surface area contributed by atoms with Crippen molar-refractivity contribution in [1.82, 2.24) is 0 Å². The highest BCUT2D eigenvalue weighted by Crippen LogP contribution is 2.27. The SMILES string of the molecule is C#CCSCC1CCCC1. The van der Waals surface area contributed by atoms with E-state index in [0.29, 0.717) is 0 Å². The molecule has 0 radical (unpaired) electrons. The molecule has 0 atom stereocenters. The van der Waals surface area contributed by atoms with Crippen molar-refractivity contribution >= 4 is 11.8 Å². The van der Waals surface area contributed by atoms with Crippen LogP contribution in [0.15, 0.2) is 0 Å². The van der Waals surface area contributed by atoms with Gasteiger partial charge in [-0.05, 0) is 24.5 Å². The van der Waals surface area contributed by atoms with Crippen LogP contribution in [0.1, 0.15) is 25.7 Å². The average molecular weight is 154 g/mol. The van der Waals surface area contributed by atoms with Gasteiger partial charge in [0.25, 0.3) is 0 Å². The van der Waals surface area contributed by atoms with Gasteiger partial charge in [-0.25, -0.2) is 0 Å². The number of hydrogen-bond donors (Lipinski definition) is 0. The van der Waals surface area contributed by atoms with Gasteiger partial charge >= 0.3 is 0 Å². The van der Waals surface area contributed by atoms with Crippen molar-refractivity contribution in [1.29, 1.82) is 0 Å². The highest BCUT2D eigenvalue weighted by molar-refractivity contribution is 7.99. The first-order valence-electron chi connectivity index (χ1n) is 3.94. The van der Waals surface area contributed by atoms with E-state index >= 15 is 0 Å². The smallest absolute Gasteiger partial charge is 0.0544 e. The molecular formula is C9H14S. The van der Waals surface area contributed by atoms with Gasteiger partial charge in [0.1, 0.15) is 0 Å². The molecule has 1 fully saturated rings. The van der Waals surface area contributed by atoms with Crippen molar-refractivity contribution in [3.05, 3.63) is 0 Å². The molecule has 1 aliphatic carbocycles. The molecule has 1 aliphatic rings. The van der Waals surface area contributed by atoms with Crippen LogP contribution in [0.5, 0.6) is 0 Å². The summed E-state index contributed by atoms with van der Waals surface area (Å²) in [7, 11) is 0. The van der Waals surface area contributed by atoms with Crippen LogP contribution >= 0.6 is 11.8 Å². The van der Waals surface area contributed by atoms with Crippen LogP contribution in [0.4, 0.5) is 0 Å². The molecule has 0 aromatic heterocycles. The van der Waals surface area contributed by atoms with Gasteiger partial charge in [-0.1, -0.05) is 18.8 Å². The third-order valence-corrected chi connectivity index (χ3v) is 3.09. The maximum Gasteiger partial charge on any atom is 0.0544 e. The predicted molar refractivity (Wildman–Crippen MR) is 48.1 cm³/mol. The van der Waals surface area contributed by atoms with Crippen LogP contribution in [0, 0.1) is 18.3 Å². The Morgan fingerprint density at radius 1 is 1.40 bits per heavy atom. The minimum Gasteiger partial charge on any atom is -0.149 e. The Bertz CT molecular complexity index is 117. The predicted octanol–water partition coefficient (Wildman–Crippen LogP) is 2.54. The maximum absolute atomic E-state index is 5.14. The van der Waals surface area contributed by atoms with E-state index < -0.39 is 0 Å². The summed E-state index contributed by atoms with van der Waals surface area (Å²) >= 11 is 1.91. The summed E-state index contributed by atoms with van der Waals surface area (Å²) in [4.78, 5) is 0. The topological polar surface area (TPSA) is 0 Å². The van der Waals surface area contributed by atoms with E-state index in [1.54, 1.807) is 0 Å². The van der Waals surface area contributed by atoms with Crippen molar-refractivity contribution in [2.45, 2.75) is 25.7 Å². The van der Waals surface area contributed by atoms with Gasteiger partial charge in [0.2, 0.25) is 0 Å². The van der Waals surface area contributed by atoms with Gasteiger partial charge in [0.05, 0.1) is 5.75 Å². The maximum atomic E-state index is 5.14. The lowest BCUT2D eigenvalue weighted by Crippen LogP contribution is -1.96. The van der Waals surface area contributed by atoms with Gasteiger partial charge in [-0.3, -0.25) is 0 Å². The second kappa shape index (κ2) is 4.68. The summed E-state index contributed by atoms with van der Waals surface area (Å²) < 4.78 is 0. The molecular weight excluding hydrogens is 140 g/mol. The normalized spacial score (nSPS) is 19.1. The van der Waals surface area contributed by atoms with E-state index in [-0.39, 0.29) is 0 Å². The summed E-state index contributed by atoms with van der Waals surface area (Å²) in [6.07, 6.45) is 10.9. The van der Waals surface area contributed by atoms with E-state index in [9.17, 15) is 0 Å². The second-order valence-corrected chi connectivity index (χ2v) is 3.90. The molecule has 0 N–H and O–H groups in total. The van der Waals surface area contributed by atoms with E-state index in [1.807, 2.05) is 11.8 Å². The largest absolute Gasteiger partial charge is 0.149 e. The molecule has 1 heteroatoms. The monoisotopic (exact) mass is 154 g/mol. The van der Waals surface area contributed by atoms with E-state index in [0.717, 1.165) is 11.7 Å². The van der Waals surface area contributed by atoms with Crippen LogP contribution < -0.4 is 0 Å². The summed E-state index contributed by atoms with van der Waals surface area (Å²) in [6, 6.07) is 0. The second-order valence-electron chi connectivity index (χ2n) is 2.87. The Kier molecular flexibility index (Phi) is 3.75. The molecule has 1 rings (SSSR count). The summed E-state index contributed by atoms with van der Waals surface area (Å²) in [5, 5.41) is 0. The van der Waals surface area contributed by atoms with Gasteiger partial charge in [-0.15, -0.1) is 18.2 Å².